The number of nitrogens with zero attached hydrogens (tertiary/aromatic N) is 1. The molecular weight excluding hydrogens is 311 g/mol. The minimum Gasteiger partial charge on any atom is -0.333 e. The summed E-state index contributed by atoms with van der Waals surface area (Å²) in [7, 11) is 0. The Labute approximate surface area is 138 Å². The second kappa shape index (κ2) is 5.26. The SMILES string of the molecule is CC1=C(F)C2c3cc(C)ccc3N(c3ccc(F)cc3)C2C=C1F. The molecule has 2 aliphatic rings. The molecule has 2 atom stereocenters. The highest BCUT2D eigenvalue weighted by molar-refractivity contribution is 5.76. The molecule has 1 aliphatic carbocycles. The second-order valence-corrected chi connectivity index (χ2v) is 6.36. The van der Waals surface area contributed by atoms with Crippen molar-refractivity contribution in [1.29, 1.82) is 0 Å². The number of hydrogen-bond acceptors (Lipinski definition) is 1. The fraction of sp³-hybridized carbons (Fsp3) is 0.200. The van der Waals surface area contributed by atoms with Crippen molar-refractivity contribution < 1.29 is 13.2 Å². The van der Waals surface area contributed by atoms with Crippen molar-refractivity contribution >= 4 is 11.4 Å². The minimum absolute atomic E-state index is 0.0599. The molecule has 1 aliphatic heterocycles. The van der Waals surface area contributed by atoms with E-state index in [-0.39, 0.29) is 11.4 Å². The van der Waals surface area contributed by atoms with Crippen molar-refractivity contribution in [1.82, 2.24) is 0 Å². The Bertz CT molecular complexity index is 880. The van der Waals surface area contributed by atoms with Gasteiger partial charge in [0.1, 0.15) is 17.5 Å². The van der Waals surface area contributed by atoms with Gasteiger partial charge in [-0.1, -0.05) is 17.7 Å². The lowest BCUT2D eigenvalue weighted by Gasteiger charge is -2.30. The number of allylic oxidation sites excluding steroid dienone is 2. The van der Waals surface area contributed by atoms with Gasteiger partial charge in [-0.05, 0) is 55.8 Å². The first-order valence-corrected chi connectivity index (χ1v) is 7.86. The summed E-state index contributed by atoms with van der Waals surface area (Å²) in [6, 6.07) is 11.3. The molecule has 0 fully saturated rings. The molecule has 0 aromatic heterocycles. The highest BCUT2D eigenvalue weighted by Gasteiger charge is 2.44. The number of fused-ring (bicyclic) bond motifs is 3. The van der Waals surface area contributed by atoms with Gasteiger partial charge in [0.05, 0.1) is 12.0 Å². The molecule has 1 heterocycles. The van der Waals surface area contributed by atoms with Crippen molar-refractivity contribution in [3.63, 3.8) is 0 Å². The standard InChI is InChI=1S/C20H16F3N/c1-11-3-8-17-15(9-11)19-18(10-16(22)12(2)20(19)23)24(17)14-6-4-13(21)5-7-14/h3-10,18-19H,1-2H3. The summed E-state index contributed by atoms with van der Waals surface area (Å²) in [5.74, 6) is -1.85. The molecule has 0 radical (unpaired) electrons. The maximum Gasteiger partial charge on any atom is 0.126 e. The maximum atomic E-state index is 14.9. The van der Waals surface area contributed by atoms with Crippen molar-refractivity contribution in [2.24, 2.45) is 0 Å². The van der Waals surface area contributed by atoms with Crippen LogP contribution in [0.25, 0.3) is 0 Å². The molecule has 24 heavy (non-hydrogen) atoms. The summed E-state index contributed by atoms with van der Waals surface area (Å²) in [6.07, 6.45) is 1.46. The van der Waals surface area contributed by atoms with Gasteiger partial charge in [-0.15, -0.1) is 0 Å². The number of aryl methyl sites for hydroxylation is 1. The Balaban J connectivity index is 1.94. The number of benzene rings is 2. The van der Waals surface area contributed by atoms with Gasteiger partial charge < -0.3 is 4.90 Å². The largest absolute Gasteiger partial charge is 0.333 e. The van der Waals surface area contributed by atoms with E-state index < -0.39 is 23.6 Å². The molecule has 4 rings (SSSR count). The first-order chi connectivity index (χ1) is 11.5. The Morgan fingerprint density at radius 1 is 0.917 bits per heavy atom. The molecule has 1 nitrogen and oxygen atoms in total. The van der Waals surface area contributed by atoms with Crippen LogP contribution in [0.4, 0.5) is 24.5 Å². The van der Waals surface area contributed by atoms with E-state index in [1.165, 1.54) is 25.1 Å². The lowest BCUT2D eigenvalue weighted by atomic mass is 9.86. The molecule has 0 saturated heterocycles. The molecule has 122 valence electrons. The van der Waals surface area contributed by atoms with Gasteiger partial charge >= 0.3 is 0 Å². The molecule has 2 aromatic carbocycles. The summed E-state index contributed by atoms with van der Waals surface area (Å²) >= 11 is 0. The molecule has 2 aromatic rings. The van der Waals surface area contributed by atoms with Crippen molar-refractivity contribution in [2.45, 2.75) is 25.8 Å². The average molecular weight is 327 g/mol. The van der Waals surface area contributed by atoms with Gasteiger partial charge in [-0.3, -0.25) is 0 Å². The van der Waals surface area contributed by atoms with Crippen LogP contribution in [0.5, 0.6) is 0 Å². The zero-order valence-electron chi connectivity index (χ0n) is 13.4. The Morgan fingerprint density at radius 3 is 2.33 bits per heavy atom. The molecule has 0 N–H and O–H groups in total. The van der Waals surface area contributed by atoms with Gasteiger partial charge in [0.15, 0.2) is 0 Å². The zero-order valence-corrected chi connectivity index (χ0v) is 13.4. The maximum absolute atomic E-state index is 14.9. The van der Waals surface area contributed by atoms with Crippen LogP contribution in [-0.2, 0) is 0 Å². The van der Waals surface area contributed by atoms with Gasteiger partial charge in [-0.2, -0.15) is 0 Å². The molecule has 4 heteroatoms. The monoisotopic (exact) mass is 327 g/mol. The molecule has 2 unspecified atom stereocenters. The third-order valence-corrected chi connectivity index (χ3v) is 4.83. The molecule has 0 spiro atoms. The van der Waals surface area contributed by atoms with Gasteiger partial charge in [0, 0.05) is 16.9 Å². The van der Waals surface area contributed by atoms with E-state index in [2.05, 4.69) is 0 Å². The van der Waals surface area contributed by atoms with Crippen molar-refractivity contribution in [2.75, 3.05) is 4.90 Å². The Hall–Kier alpha value is -2.49. The fourth-order valence-electron chi connectivity index (χ4n) is 3.63. The highest BCUT2D eigenvalue weighted by Crippen LogP contribution is 2.52. The van der Waals surface area contributed by atoms with Gasteiger partial charge in [0.2, 0.25) is 0 Å². The number of halogens is 3. The van der Waals surface area contributed by atoms with Crippen LogP contribution in [-0.4, -0.2) is 6.04 Å². The van der Waals surface area contributed by atoms with E-state index in [4.69, 9.17) is 0 Å². The van der Waals surface area contributed by atoms with Crippen LogP contribution in [0, 0.1) is 12.7 Å². The van der Waals surface area contributed by atoms with Crippen LogP contribution in [0.15, 0.2) is 65.8 Å². The van der Waals surface area contributed by atoms with Gasteiger partial charge in [0.25, 0.3) is 0 Å². The summed E-state index contributed by atoms with van der Waals surface area (Å²) in [5.41, 5.74) is 3.46. The van der Waals surface area contributed by atoms with Crippen LogP contribution in [0.3, 0.4) is 0 Å². The van der Waals surface area contributed by atoms with Crippen LogP contribution < -0.4 is 4.90 Å². The summed E-state index contributed by atoms with van der Waals surface area (Å²) in [4.78, 5) is 1.88. The van der Waals surface area contributed by atoms with Crippen molar-refractivity contribution in [3.05, 3.63) is 82.7 Å². The number of anilines is 2. The normalized spacial score (nSPS) is 22.4. The molecular formula is C20H16F3N. The van der Waals surface area contributed by atoms with E-state index >= 15 is 0 Å². The predicted octanol–water partition coefficient (Wildman–Crippen LogP) is 5.85. The van der Waals surface area contributed by atoms with E-state index in [9.17, 15) is 13.2 Å². The van der Waals surface area contributed by atoms with Crippen LogP contribution in [0.2, 0.25) is 0 Å². The van der Waals surface area contributed by atoms with E-state index in [1.807, 2.05) is 30.0 Å². The van der Waals surface area contributed by atoms with Gasteiger partial charge in [-0.25, -0.2) is 13.2 Å². The third kappa shape index (κ3) is 2.09. The molecule has 0 saturated carbocycles. The highest BCUT2D eigenvalue weighted by atomic mass is 19.1. The lowest BCUT2D eigenvalue weighted by Crippen LogP contribution is -2.31. The minimum atomic E-state index is -0.538. The molecule has 0 amide bonds. The van der Waals surface area contributed by atoms with Crippen LogP contribution >= 0.6 is 0 Å². The zero-order chi connectivity index (χ0) is 17.0. The second-order valence-electron chi connectivity index (χ2n) is 6.36. The summed E-state index contributed by atoms with van der Waals surface area (Å²) < 4.78 is 42.3. The molecule has 0 bridgehead atoms. The summed E-state index contributed by atoms with van der Waals surface area (Å²) in [5, 5.41) is 0. The first-order valence-electron chi connectivity index (χ1n) is 7.86. The average Bonchev–Trinajstić information content (AvgIpc) is 2.86. The van der Waals surface area contributed by atoms with E-state index in [0.29, 0.717) is 5.69 Å². The smallest absolute Gasteiger partial charge is 0.126 e. The first kappa shape index (κ1) is 15.1. The topological polar surface area (TPSA) is 3.24 Å². The summed E-state index contributed by atoms with van der Waals surface area (Å²) in [6.45, 7) is 3.41. The Morgan fingerprint density at radius 2 is 1.62 bits per heavy atom. The third-order valence-electron chi connectivity index (χ3n) is 4.83. The Kier molecular flexibility index (Phi) is 3.30. The van der Waals surface area contributed by atoms with Crippen molar-refractivity contribution in [3.8, 4) is 0 Å². The quantitative estimate of drug-likeness (QED) is 0.635. The van der Waals surface area contributed by atoms with Crippen LogP contribution in [0.1, 0.15) is 24.0 Å². The van der Waals surface area contributed by atoms with E-state index in [1.54, 1.807) is 12.1 Å². The fourth-order valence-corrected chi connectivity index (χ4v) is 3.63. The van der Waals surface area contributed by atoms with E-state index in [0.717, 1.165) is 16.8 Å². The predicted molar refractivity (Wildman–Crippen MR) is 89.2 cm³/mol. The lowest BCUT2D eigenvalue weighted by molar-refractivity contribution is 0.487. The number of hydrogen-bond donors (Lipinski definition) is 0. The number of rotatable bonds is 1.